The van der Waals surface area contributed by atoms with Crippen LogP contribution in [0.2, 0.25) is 0 Å². The van der Waals surface area contributed by atoms with Crippen LogP contribution in [-0.4, -0.2) is 64.1 Å². The Labute approximate surface area is 263 Å². The highest BCUT2D eigenvalue weighted by Gasteiger charge is 2.34. The number of benzene rings is 3. The number of anilines is 1. The summed E-state index contributed by atoms with van der Waals surface area (Å²) >= 11 is 0. The lowest BCUT2D eigenvalue weighted by atomic mass is 9.95. The fourth-order valence-corrected chi connectivity index (χ4v) is 6.96. The Bertz CT molecular complexity index is 1590. The van der Waals surface area contributed by atoms with Crippen molar-refractivity contribution in [2.45, 2.75) is 62.6 Å². The maximum Gasteiger partial charge on any atom is 0.264 e. The van der Waals surface area contributed by atoms with Crippen LogP contribution in [0.25, 0.3) is 0 Å². The standard InChI is InChI=1S/C33H38FN3O7S/c1-23(33(39)35-26-6-4-3-5-7-26)36(21-24-8-14-28(42-2)15-9-24)32(38)22-37(27-12-10-25(34)11-13-27)45(40,41)29-16-17-30-31(20-29)44-19-18-43-30/h8-17,20,23,26H,3-7,18-19,21-22H2,1-2H3,(H,35,39)/t23-/m1/s1. The molecule has 1 aliphatic heterocycles. The van der Waals surface area contributed by atoms with Gasteiger partial charge in [-0.2, -0.15) is 0 Å². The van der Waals surface area contributed by atoms with Gasteiger partial charge in [0.25, 0.3) is 10.0 Å². The highest BCUT2D eigenvalue weighted by molar-refractivity contribution is 7.92. The van der Waals surface area contributed by atoms with Gasteiger partial charge in [-0.25, -0.2) is 12.8 Å². The van der Waals surface area contributed by atoms with Gasteiger partial charge in [0.1, 0.15) is 37.4 Å². The molecule has 3 aromatic rings. The van der Waals surface area contributed by atoms with Crippen molar-refractivity contribution in [1.29, 1.82) is 0 Å². The summed E-state index contributed by atoms with van der Waals surface area (Å²) in [7, 11) is -2.82. The zero-order valence-electron chi connectivity index (χ0n) is 25.4. The largest absolute Gasteiger partial charge is 0.497 e. The van der Waals surface area contributed by atoms with Crippen LogP contribution in [0.5, 0.6) is 17.2 Å². The SMILES string of the molecule is COc1ccc(CN(C(=O)CN(c2ccc(F)cc2)S(=O)(=O)c2ccc3c(c2)OCCO3)[C@H](C)C(=O)NC2CCCCC2)cc1. The van der Waals surface area contributed by atoms with E-state index in [-0.39, 0.29) is 41.4 Å². The lowest BCUT2D eigenvalue weighted by Crippen LogP contribution is -2.53. The van der Waals surface area contributed by atoms with E-state index in [0.717, 1.165) is 54.1 Å². The van der Waals surface area contributed by atoms with Gasteiger partial charge in [0.15, 0.2) is 11.5 Å². The lowest BCUT2D eigenvalue weighted by molar-refractivity contribution is -0.139. The van der Waals surface area contributed by atoms with Crippen molar-refractivity contribution in [2.75, 3.05) is 31.2 Å². The number of halogens is 1. The van der Waals surface area contributed by atoms with Crippen molar-refractivity contribution in [2.24, 2.45) is 0 Å². The second kappa shape index (κ2) is 14.2. The molecule has 5 rings (SSSR count). The fourth-order valence-electron chi connectivity index (χ4n) is 5.53. The molecule has 0 radical (unpaired) electrons. The number of nitrogens with zero attached hydrogens (tertiary/aromatic N) is 2. The molecular weight excluding hydrogens is 601 g/mol. The third-order valence-corrected chi connectivity index (χ3v) is 9.90. The van der Waals surface area contributed by atoms with Crippen LogP contribution in [0.1, 0.15) is 44.6 Å². The maximum atomic E-state index is 14.2. The van der Waals surface area contributed by atoms with Crippen LogP contribution >= 0.6 is 0 Å². The van der Waals surface area contributed by atoms with E-state index < -0.39 is 34.3 Å². The van der Waals surface area contributed by atoms with Gasteiger partial charge >= 0.3 is 0 Å². The third-order valence-electron chi connectivity index (χ3n) is 8.13. The summed E-state index contributed by atoms with van der Waals surface area (Å²) in [5, 5.41) is 3.08. The quantitative estimate of drug-likeness (QED) is 0.325. The van der Waals surface area contributed by atoms with Crippen LogP contribution in [0, 0.1) is 5.82 Å². The Morgan fingerprint density at radius 3 is 2.29 bits per heavy atom. The van der Waals surface area contributed by atoms with Gasteiger partial charge in [-0.1, -0.05) is 31.4 Å². The molecule has 2 aliphatic rings. The Balaban J connectivity index is 1.47. The van der Waals surface area contributed by atoms with Crippen molar-refractivity contribution >= 4 is 27.5 Å². The van der Waals surface area contributed by atoms with E-state index >= 15 is 0 Å². The summed E-state index contributed by atoms with van der Waals surface area (Å²) in [5.41, 5.74) is 0.813. The second-order valence-electron chi connectivity index (χ2n) is 11.2. The minimum Gasteiger partial charge on any atom is -0.497 e. The van der Waals surface area contributed by atoms with Crippen molar-refractivity contribution in [1.82, 2.24) is 10.2 Å². The van der Waals surface area contributed by atoms with E-state index in [1.165, 1.54) is 35.2 Å². The average molecular weight is 640 g/mol. The molecule has 1 aliphatic carbocycles. The number of nitrogens with one attached hydrogen (secondary N) is 1. The van der Waals surface area contributed by atoms with Crippen molar-refractivity contribution in [3.8, 4) is 17.2 Å². The Hall–Kier alpha value is -4.32. The number of carbonyl (C=O) groups is 2. The smallest absolute Gasteiger partial charge is 0.264 e. The molecule has 0 aromatic heterocycles. The molecule has 12 heteroatoms. The number of carbonyl (C=O) groups excluding carboxylic acids is 2. The average Bonchev–Trinajstić information content (AvgIpc) is 3.06. The highest BCUT2D eigenvalue weighted by atomic mass is 32.2. The van der Waals surface area contributed by atoms with Gasteiger partial charge in [-0.15, -0.1) is 0 Å². The molecule has 0 spiro atoms. The summed E-state index contributed by atoms with van der Waals surface area (Å²) in [6.07, 6.45) is 4.92. The first kappa shape index (κ1) is 32.1. The van der Waals surface area contributed by atoms with Gasteiger partial charge in [-0.05, 0) is 73.9 Å². The number of ether oxygens (including phenoxy) is 3. The first-order valence-corrected chi connectivity index (χ1v) is 16.5. The second-order valence-corrected chi connectivity index (χ2v) is 13.0. The predicted molar refractivity (Wildman–Crippen MR) is 166 cm³/mol. The van der Waals surface area contributed by atoms with Crippen LogP contribution in [-0.2, 0) is 26.2 Å². The molecule has 2 amide bonds. The molecule has 3 aromatic carbocycles. The summed E-state index contributed by atoms with van der Waals surface area (Å²) < 4.78 is 59.5. The van der Waals surface area contributed by atoms with Crippen LogP contribution < -0.4 is 23.8 Å². The molecule has 45 heavy (non-hydrogen) atoms. The van der Waals surface area contributed by atoms with Crippen molar-refractivity contribution < 1.29 is 36.6 Å². The number of hydrogen-bond donors (Lipinski definition) is 1. The van der Waals surface area contributed by atoms with E-state index in [9.17, 15) is 22.4 Å². The molecule has 1 fully saturated rings. The van der Waals surface area contributed by atoms with Gasteiger partial charge in [0.05, 0.1) is 17.7 Å². The van der Waals surface area contributed by atoms with Crippen molar-refractivity contribution in [3.63, 3.8) is 0 Å². The van der Waals surface area contributed by atoms with E-state index in [1.807, 2.05) is 0 Å². The van der Waals surface area contributed by atoms with Gasteiger partial charge in [-0.3, -0.25) is 13.9 Å². The first-order valence-electron chi connectivity index (χ1n) is 15.1. The monoisotopic (exact) mass is 639 g/mol. The van der Waals surface area contributed by atoms with Crippen molar-refractivity contribution in [3.05, 3.63) is 78.1 Å². The number of rotatable bonds is 11. The summed E-state index contributed by atoms with van der Waals surface area (Å²) in [4.78, 5) is 28.9. The molecule has 10 nitrogen and oxygen atoms in total. The molecule has 1 heterocycles. The number of hydrogen-bond acceptors (Lipinski definition) is 7. The molecule has 0 unspecified atom stereocenters. The van der Waals surface area contributed by atoms with E-state index in [0.29, 0.717) is 18.1 Å². The molecule has 240 valence electrons. The lowest BCUT2D eigenvalue weighted by Gasteiger charge is -2.33. The Morgan fingerprint density at radius 2 is 1.62 bits per heavy atom. The van der Waals surface area contributed by atoms with Gasteiger partial charge in [0.2, 0.25) is 11.8 Å². The Morgan fingerprint density at radius 1 is 0.956 bits per heavy atom. The number of sulfonamides is 1. The zero-order valence-corrected chi connectivity index (χ0v) is 26.2. The molecule has 1 N–H and O–H groups in total. The van der Waals surface area contributed by atoms with E-state index in [1.54, 1.807) is 38.3 Å². The molecule has 0 bridgehead atoms. The third kappa shape index (κ3) is 7.67. The first-order chi connectivity index (χ1) is 21.7. The van der Waals surface area contributed by atoms with Gasteiger partial charge in [0, 0.05) is 18.7 Å². The maximum absolute atomic E-state index is 14.2. The van der Waals surface area contributed by atoms with Gasteiger partial charge < -0.3 is 24.4 Å². The highest BCUT2D eigenvalue weighted by Crippen LogP contribution is 2.34. The van der Waals surface area contributed by atoms with Crippen LogP contribution in [0.3, 0.4) is 0 Å². The molecular formula is C33H38FN3O7S. The number of fused-ring (bicyclic) bond motifs is 1. The summed E-state index contributed by atoms with van der Waals surface area (Å²) in [6.45, 7) is 1.64. The minimum absolute atomic E-state index is 0.0259. The van der Waals surface area contributed by atoms with E-state index in [2.05, 4.69) is 5.32 Å². The fraction of sp³-hybridized carbons (Fsp3) is 0.394. The zero-order chi connectivity index (χ0) is 32.0. The summed E-state index contributed by atoms with van der Waals surface area (Å²) in [5.74, 6) is -0.173. The predicted octanol–water partition coefficient (Wildman–Crippen LogP) is 4.67. The number of amides is 2. The summed E-state index contributed by atoms with van der Waals surface area (Å²) in [6, 6.07) is 15.3. The van der Waals surface area contributed by atoms with Crippen LogP contribution in [0.4, 0.5) is 10.1 Å². The minimum atomic E-state index is -4.37. The topological polar surface area (TPSA) is 114 Å². The molecule has 1 atom stereocenters. The number of methoxy groups -OCH3 is 1. The van der Waals surface area contributed by atoms with Crippen LogP contribution in [0.15, 0.2) is 71.6 Å². The normalized spacial score (nSPS) is 15.5. The molecule has 0 saturated heterocycles. The molecule has 1 saturated carbocycles. The van der Waals surface area contributed by atoms with E-state index in [4.69, 9.17) is 14.2 Å². The Kier molecular flexibility index (Phi) is 10.1.